The number of carbonyl (C=O) groups is 3. The quantitative estimate of drug-likeness (QED) is 0.317. The molecule has 4 amide bonds. The number of hydrogen-bond acceptors (Lipinski definition) is 6. The second-order valence-electron chi connectivity index (χ2n) is 8.20. The average molecular weight is 471 g/mol. The summed E-state index contributed by atoms with van der Waals surface area (Å²) in [5.41, 5.74) is 5.73. The van der Waals surface area contributed by atoms with E-state index in [1.165, 1.54) is 17.7 Å². The standard InChI is InChI=1S/C25H21N5O5/c1-35-17-10-7-15-12-30(22(32)18(15)11-17)13-25(23(33)28-24(34)29-25)16-8-5-14(6-9-16)19-3-2-4-20(27-19)21(26)31/h2-12,32H,13H2,1H3,(H2,26,31)(H2,28,29,33,34)/t25-/m0/s1. The number of urea groups is 1. The van der Waals surface area contributed by atoms with Crippen LogP contribution in [0, 0.1) is 0 Å². The highest BCUT2D eigenvalue weighted by molar-refractivity contribution is 6.07. The van der Waals surface area contributed by atoms with Crippen molar-refractivity contribution in [1.82, 2.24) is 20.2 Å². The molecule has 1 aliphatic rings. The van der Waals surface area contributed by atoms with E-state index in [0.29, 0.717) is 28.0 Å². The summed E-state index contributed by atoms with van der Waals surface area (Å²) >= 11 is 0. The first-order valence-electron chi connectivity index (χ1n) is 10.7. The van der Waals surface area contributed by atoms with Crippen LogP contribution < -0.4 is 21.1 Å². The van der Waals surface area contributed by atoms with Crippen LogP contribution in [0.15, 0.2) is 66.9 Å². The molecule has 10 heteroatoms. The van der Waals surface area contributed by atoms with E-state index in [1.807, 2.05) is 0 Å². The van der Waals surface area contributed by atoms with E-state index < -0.39 is 23.4 Å². The van der Waals surface area contributed by atoms with E-state index in [9.17, 15) is 19.5 Å². The average Bonchev–Trinajstić information content (AvgIpc) is 3.33. The molecule has 5 N–H and O–H groups in total. The number of imide groups is 1. The van der Waals surface area contributed by atoms with Crippen LogP contribution in [0.1, 0.15) is 16.1 Å². The van der Waals surface area contributed by atoms with Crippen molar-refractivity contribution in [2.45, 2.75) is 12.1 Å². The van der Waals surface area contributed by atoms with Gasteiger partial charge in [-0.15, -0.1) is 0 Å². The number of nitrogens with two attached hydrogens (primary N) is 1. The highest BCUT2D eigenvalue weighted by atomic mass is 16.5. The minimum Gasteiger partial charge on any atom is -0.497 e. The maximum atomic E-state index is 13.0. The molecule has 2 aromatic carbocycles. The molecule has 3 heterocycles. The Balaban J connectivity index is 1.54. The smallest absolute Gasteiger partial charge is 0.322 e. The van der Waals surface area contributed by atoms with Gasteiger partial charge in [0, 0.05) is 22.5 Å². The Morgan fingerprint density at radius 3 is 2.57 bits per heavy atom. The molecule has 0 spiro atoms. The summed E-state index contributed by atoms with van der Waals surface area (Å²) in [6.45, 7) is -0.0534. The monoisotopic (exact) mass is 471 g/mol. The van der Waals surface area contributed by atoms with Crippen LogP contribution in [0.25, 0.3) is 22.0 Å². The van der Waals surface area contributed by atoms with Crippen LogP contribution in [0.3, 0.4) is 0 Å². The van der Waals surface area contributed by atoms with Crippen molar-refractivity contribution in [2.75, 3.05) is 7.11 Å². The lowest BCUT2D eigenvalue weighted by molar-refractivity contribution is -0.124. The van der Waals surface area contributed by atoms with Crippen LogP contribution in [0.2, 0.25) is 0 Å². The number of amides is 4. The summed E-state index contributed by atoms with van der Waals surface area (Å²) in [4.78, 5) is 40.9. The van der Waals surface area contributed by atoms with Crippen LogP contribution in [0.4, 0.5) is 4.79 Å². The second kappa shape index (κ2) is 8.17. The highest BCUT2D eigenvalue weighted by Gasteiger charge is 2.48. The van der Waals surface area contributed by atoms with Gasteiger partial charge in [-0.2, -0.15) is 0 Å². The number of nitrogens with one attached hydrogen (secondary N) is 2. The van der Waals surface area contributed by atoms with Gasteiger partial charge in [0.15, 0.2) is 11.4 Å². The third kappa shape index (κ3) is 3.70. The molecule has 0 unspecified atom stereocenters. The van der Waals surface area contributed by atoms with Gasteiger partial charge in [-0.3, -0.25) is 14.9 Å². The van der Waals surface area contributed by atoms with Crippen molar-refractivity contribution in [3.63, 3.8) is 0 Å². The molecule has 10 nitrogen and oxygen atoms in total. The Labute approximate surface area is 199 Å². The summed E-state index contributed by atoms with van der Waals surface area (Å²) in [6.07, 6.45) is 1.71. The number of pyridine rings is 1. The number of nitrogens with zero attached hydrogens (tertiary/aromatic N) is 2. The molecular formula is C25H21N5O5. The summed E-state index contributed by atoms with van der Waals surface area (Å²) in [5.74, 6) is -0.656. The van der Waals surface area contributed by atoms with Crippen molar-refractivity contribution >= 4 is 28.6 Å². The predicted octanol–water partition coefficient (Wildman–Crippen LogP) is 2.25. The van der Waals surface area contributed by atoms with E-state index in [-0.39, 0.29) is 18.1 Å². The number of ether oxygens (including phenoxy) is 1. The number of aromatic hydroxyl groups is 1. The van der Waals surface area contributed by atoms with E-state index in [4.69, 9.17) is 10.5 Å². The number of hydrogen-bond donors (Lipinski definition) is 4. The lowest BCUT2D eigenvalue weighted by Gasteiger charge is -2.27. The fourth-order valence-corrected chi connectivity index (χ4v) is 4.28. The number of methoxy groups -OCH3 is 1. The van der Waals surface area contributed by atoms with Gasteiger partial charge < -0.3 is 25.5 Å². The SMILES string of the molecule is COc1ccc2cn(C[C@@]3(c4ccc(-c5cccc(C(N)=O)n5)cc4)NC(=O)NC3=O)c(O)c2c1. The van der Waals surface area contributed by atoms with Gasteiger partial charge in [0.2, 0.25) is 0 Å². The zero-order chi connectivity index (χ0) is 24.7. The number of benzene rings is 2. The number of fused-ring (bicyclic) bond motifs is 1. The molecule has 1 aliphatic heterocycles. The third-order valence-corrected chi connectivity index (χ3v) is 6.09. The van der Waals surface area contributed by atoms with Crippen molar-refractivity contribution in [2.24, 2.45) is 5.73 Å². The summed E-state index contributed by atoms with van der Waals surface area (Å²) in [6, 6.07) is 16.4. The van der Waals surface area contributed by atoms with Gasteiger partial charge in [-0.25, -0.2) is 9.78 Å². The van der Waals surface area contributed by atoms with Crippen LogP contribution in [0.5, 0.6) is 11.6 Å². The number of aromatic nitrogens is 2. The molecule has 0 aliphatic carbocycles. The Hall–Kier alpha value is -4.86. The van der Waals surface area contributed by atoms with Gasteiger partial charge in [0.1, 0.15) is 11.4 Å². The van der Waals surface area contributed by atoms with Crippen molar-refractivity contribution in [3.8, 4) is 22.9 Å². The van der Waals surface area contributed by atoms with Gasteiger partial charge in [-0.1, -0.05) is 30.3 Å². The van der Waals surface area contributed by atoms with E-state index in [1.54, 1.807) is 60.8 Å². The van der Waals surface area contributed by atoms with Gasteiger partial charge in [0.25, 0.3) is 11.8 Å². The maximum absolute atomic E-state index is 13.0. The van der Waals surface area contributed by atoms with Crippen LogP contribution in [-0.4, -0.2) is 39.6 Å². The Morgan fingerprint density at radius 2 is 1.91 bits per heavy atom. The molecule has 2 aromatic heterocycles. The minimum atomic E-state index is -1.46. The molecule has 1 fully saturated rings. The van der Waals surface area contributed by atoms with Gasteiger partial charge in [-0.05, 0) is 35.9 Å². The van der Waals surface area contributed by atoms with E-state index in [0.717, 1.165) is 5.39 Å². The third-order valence-electron chi connectivity index (χ3n) is 6.09. The normalized spacial score (nSPS) is 17.3. The lowest BCUT2D eigenvalue weighted by atomic mass is 9.88. The van der Waals surface area contributed by atoms with Gasteiger partial charge in [0.05, 0.1) is 19.3 Å². The largest absolute Gasteiger partial charge is 0.497 e. The first-order valence-corrected chi connectivity index (χ1v) is 10.7. The van der Waals surface area contributed by atoms with Crippen molar-refractivity contribution < 1.29 is 24.2 Å². The van der Waals surface area contributed by atoms with E-state index in [2.05, 4.69) is 15.6 Å². The van der Waals surface area contributed by atoms with Crippen molar-refractivity contribution in [3.05, 3.63) is 78.1 Å². The summed E-state index contributed by atoms with van der Waals surface area (Å²) in [7, 11) is 1.53. The van der Waals surface area contributed by atoms with E-state index >= 15 is 0 Å². The summed E-state index contributed by atoms with van der Waals surface area (Å²) in [5, 5.41) is 17.2. The first kappa shape index (κ1) is 22.0. The molecule has 0 saturated carbocycles. The molecule has 1 atom stereocenters. The number of rotatable bonds is 6. The highest BCUT2D eigenvalue weighted by Crippen LogP contribution is 2.35. The lowest BCUT2D eigenvalue weighted by Crippen LogP contribution is -2.47. The molecule has 0 radical (unpaired) electrons. The zero-order valence-electron chi connectivity index (χ0n) is 18.6. The Bertz CT molecular complexity index is 1490. The number of primary amides is 1. The fraction of sp³-hybridized carbons (Fsp3) is 0.120. The summed E-state index contributed by atoms with van der Waals surface area (Å²) < 4.78 is 6.75. The maximum Gasteiger partial charge on any atom is 0.322 e. The molecule has 4 aromatic rings. The zero-order valence-corrected chi connectivity index (χ0v) is 18.6. The Morgan fingerprint density at radius 1 is 1.14 bits per heavy atom. The molecular weight excluding hydrogens is 450 g/mol. The molecule has 0 bridgehead atoms. The molecule has 35 heavy (non-hydrogen) atoms. The van der Waals surface area contributed by atoms with Crippen LogP contribution in [-0.2, 0) is 16.9 Å². The fourth-order valence-electron chi connectivity index (χ4n) is 4.28. The van der Waals surface area contributed by atoms with Gasteiger partial charge >= 0.3 is 6.03 Å². The van der Waals surface area contributed by atoms with Crippen LogP contribution >= 0.6 is 0 Å². The molecule has 1 saturated heterocycles. The number of carbonyl (C=O) groups excluding carboxylic acids is 3. The molecule has 176 valence electrons. The topological polar surface area (TPSA) is 149 Å². The first-order chi connectivity index (χ1) is 16.8. The molecule has 5 rings (SSSR count). The van der Waals surface area contributed by atoms with Crippen molar-refractivity contribution in [1.29, 1.82) is 0 Å². The second-order valence-corrected chi connectivity index (χ2v) is 8.20. The Kier molecular flexibility index (Phi) is 5.13. The minimum absolute atomic E-state index is 0.0534. The predicted molar refractivity (Wildman–Crippen MR) is 127 cm³/mol.